The zero-order valence-corrected chi connectivity index (χ0v) is 12.7. The number of rotatable bonds is 9. The number of benzene rings is 1. The molecule has 20 heavy (non-hydrogen) atoms. The SMILES string of the molecule is CCN(CC)CCCC(C)Nc1cccc(C(=O)O)c1. The molecule has 0 saturated carbocycles. The molecule has 0 amide bonds. The van der Waals surface area contributed by atoms with Crippen LogP contribution >= 0.6 is 0 Å². The minimum absolute atomic E-state index is 0.324. The largest absolute Gasteiger partial charge is 0.478 e. The Hall–Kier alpha value is -1.55. The molecule has 4 nitrogen and oxygen atoms in total. The average Bonchev–Trinajstić information content (AvgIpc) is 2.44. The van der Waals surface area contributed by atoms with Crippen molar-refractivity contribution in [1.29, 1.82) is 0 Å². The Morgan fingerprint density at radius 1 is 1.35 bits per heavy atom. The highest BCUT2D eigenvalue weighted by atomic mass is 16.4. The van der Waals surface area contributed by atoms with E-state index >= 15 is 0 Å². The van der Waals surface area contributed by atoms with Crippen LogP contribution in [0.5, 0.6) is 0 Å². The molecule has 1 rings (SSSR count). The number of aromatic carboxylic acids is 1. The number of hydrogen-bond acceptors (Lipinski definition) is 3. The van der Waals surface area contributed by atoms with Gasteiger partial charge in [0.05, 0.1) is 5.56 Å². The van der Waals surface area contributed by atoms with Crippen LogP contribution in [0, 0.1) is 0 Å². The van der Waals surface area contributed by atoms with E-state index in [0.717, 1.165) is 38.2 Å². The summed E-state index contributed by atoms with van der Waals surface area (Å²) in [6.07, 6.45) is 2.22. The van der Waals surface area contributed by atoms with Crippen molar-refractivity contribution in [1.82, 2.24) is 4.90 Å². The Bertz CT molecular complexity index is 417. The zero-order valence-electron chi connectivity index (χ0n) is 12.7. The van der Waals surface area contributed by atoms with Crippen LogP contribution < -0.4 is 5.32 Å². The van der Waals surface area contributed by atoms with E-state index in [9.17, 15) is 4.79 Å². The van der Waals surface area contributed by atoms with E-state index < -0.39 is 5.97 Å². The van der Waals surface area contributed by atoms with E-state index in [2.05, 4.69) is 31.0 Å². The van der Waals surface area contributed by atoms with Crippen molar-refractivity contribution < 1.29 is 9.90 Å². The van der Waals surface area contributed by atoms with E-state index in [4.69, 9.17) is 5.11 Å². The summed E-state index contributed by atoms with van der Waals surface area (Å²) >= 11 is 0. The molecule has 0 radical (unpaired) electrons. The summed E-state index contributed by atoms with van der Waals surface area (Å²) in [5.41, 5.74) is 1.20. The molecule has 0 aliphatic heterocycles. The minimum Gasteiger partial charge on any atom is -0.478 e. The quantitative estimate of drug-likeness (QED) is 0.727. The Morgan fingerprint density at radius 2 is 2.05 bits per heavy atom. The third-order valence-corrected chi connectivity index (χ3v) is 3.53. The number of nitrogens with zero attached hydrogens (tertiary/aromatic N) is 1. The molecule has 0 bridgehead atoms. The molecular formula is C16H26N2O2. The first-order chi connectivity index (χ1) is 9.56. The highest BCUT2D eigenvalue weighted by molar-refractivity contribution is 5.88. The summed E-state index contributed by atoms with van der Waals surface area (Å²) in [5.74, 6) is -0.886. The molecule has 112 valence electrons. The lowest BCUT2D eigenvalue weighted by Gasteiger charge is -2.20. The average molecular weight is 278 g/mol. The second-order valence-corrected chi connectivity index (χ2v) is 5.10. The summed E-state index contributed by atoms with van der Waals surface area (Å²) < 4.78 is 0. The molecule has 0 aliphatic rings. The van der Waals surface area contributed by atoms with Crippen molar-refractivity contribution in [3.8, 4) is 0 Å². The van der Waals surface area contributed by atoms with Crippen molar-refractivity contribution in [3.05, 3.63) is 29.8 Å². The van der Waals surface area contributed by atoms with Crippen molar-refractivity contribution in [2.45, 2.75) is 39.7 Å². The third kappa shape index (κ3) is 5.61. The molecule has 2 N–H and O–H groups in total. The van der Waals surface area contributed by atoms with Crippen LogP contribution in [0.15, 0.2) is 24.3 Å². The van der Waals surface area contributed by atoms with E-state index in [0.29, 0.717) is 11.6 Å². The number of hydrogen-bond donors (Lipinski definition) is 2. The molecule has 0 spiro atoms. The van der Waals surface area contributed by atoms with Crippen molar-refractivity contribution in [3.63, 3.8) is 0 Å². The van der Waals surface area contributed by atoms with Crippen LogP contribution in [0.1, 0.15) is 44.0 Å². The highest BCUT2D eigenvalue weighted by Gasteiger charge is 2.06. The summed E-state index contributed by atoms with van der Waals surface area (Å²) in [7, 11) is 0. The first kappa shape index (κ1) is 16.5. The van der Waals surface area contributed by atoms with E-state index in [1.54, 1.807) is 18.2 Å². The van der Waals surface area contributed by atoms with Gasteiger partial charge < -0.3 is 15.3 Å². The van der Waals surface area contributed by atoms with Crippen molar-refractivity contribution in [2.24, 2.45) is 0 Å². The fraction of sp³-hybridized carbons (Fsp3) is 0.562. The monoisotopic (exact) mass is 278 g/mol. The first-order valence-corrected chi connectivity index (χ1v) is 7.39. The van der Waals surface area contributed by atoms with Gasteiger partial charge in [0.2, 0.25) is 0 Å². The molecule has 1 aromatic carbocycles. The van der Waals surface area contributed by atoms with Gasteiger partial charge in [-0.25, -0.2) is 4.79 Å². The molecule has 4 heteroatoms. The smallest absolute Gasteiger partial charge is 0.335 e. The van der Waals surface area contributed by atoms with Crippen molar-refractivity contribution in [2.75, 3.05) is 25.0 Å². The zero-order chi connectivity index (χ0) is 15.0. The highest BCUT2D eigenvalue weighted by Crippen LogP contribution is 2.13. The van der Waals surface area contributed by atoms with Gasteiger partial charge in [-0.05, 0) is 57.6 Å². The lowest BCUT2D eigenvalue weighted by atomic mass is 10.1. The molecular weight excluding hydrogens is 252 g/mol. The maximum atomic E-state index is 10.9. The fourth-order valence-electron chi connectivity index (χ4n) is 2.26. The van der Waals surface area contributed by atoms with Gasteiger partial charge in [0.25, 0.3) is 0 Å². The fourth-order valence-corrected chi connectivity index (χ4v) is 2.26. The lowest BCUT2D eigenvalue weighted by molar-refractivity contribution is 0.0697. The van der Waals surface area contributed by atoms with Crippen molar-refractivity contribution >= 4 is 11.7 Å². The lowest BCUT2D eigenvalue weighted by Crippen LogP contribution is -2.25. The predicted molar refractivity (Wildman–Crippen MR) is 83.5 cm³/mol. The molecule has 1 aromatic rings. The minimum atomic E-state index is -0.886. The second kappa shape index (κ2) is 8.59. The van der Waals surface area contributed by atoms with Gasteiger partial charge >= 0.3 is 5.97 Å². The van der Waals surface area contributed by atoms with Crippen LogP contribution in [0.2, 0.25) is 0 Å². The number of carboxylic acids is 1. The Balaban J connectivity index is 2.40. The molecule has 0 heterocycles. The van der Waals surface area contributed by atoms with Crippen LogP contribution in [0.3, 0.4) is 0 Å². The summed E-state index contributed by atoms with van der Waals surface area (Å²) in [5, 5.41) is 12.3. The molecule has 1 atom stereocenters. The molecule has 0 fully saturated rings. The number of nitrogens with one attached hydrogen (secondary N) is 1. The van der Waals surface area contributed by atoms with Gasteiger partial charge in [-0.2, -0.15) is 0 Å². The Labute approximate surface area is 121 Å². The maximum Gasteiger partial charge on any atom is 0.335 e. The molecule has 0 aromatic heterocycles. The van der Waals surface area contributed by atoms with Crippen LogP contribution in [-0.2, 0) is 0 Å². The van der Waals surface area contributed by atoms with E-state index in [1.165, 1.54) is 0 Å². The molecule has 1 unspecified atom stereocenters. The number of carbonyl (C=O) groups is 1. The number of anilines is 1. The molecule has 0 saturated heterocycles. The van der Waals surface area contributed by atoms with Gasteiger partial charge in [-0.3, -0.25) is 0 Å². The standard InChI is InChI=1S/C16H26N2O2/c1-4-18(5-2)11-7-8-13(3)17-15-10-6-9-14(12-15)16(19)20/h6,9-10,12-13,17H,4-5,7-8,11H2,1-3H3,(H,19,20). The van der Waals surface area contributed by atoms with Gasteiger partial charge in [0.1, 0.15) is 0 Å². The van der Waals surface area contributed by atoms with Gasteiger partial charge in [-0.15, -0.1) is 0 Å². The van der Waals surface area contributed by atoms with Gasteiger partial charge in [-0.1, -0.05) is 19.9 Å². The Kier molecular flexibility index (Phi) is 7.09. The van der Waals surface area contributed by atoms with Gasteiger partial charge in [0, 0.05) is 11.7 Å². The predicted octanol–water partition coefficient (Wildman–Crippen LogP) is 3.31. The van der Waals surface area contributed by atoms with E-state index in [1.807, 2.05) is 6.07 Å². The molecule has 0 aliphatic carbocycles. The van der Waals surface area contributed by atoms with Gasteiger partial charge in [0.15, 0.2) is 0 Å². The summed E-state index contributed by atoms with van der Waals surface area (Å²) in [6, 6.07) is 7.32. The third-order valence-electron chi connectivity index (χ3n) is 3.53. The summed E-state index contributed by atoms with van der Waals surface area (Å²) in [4.78, 5) is 13.3. The number of carboxylic acid groups (broad SMARTS) is 1. The normalized spacial score (nSPS) is 12.4. The maximum absolute atomic E-state index is 10.9. The van der Waals surface area contributed by atoms with Crippen LogP contribution in [-0.4, -0.2) is 41.7 Å². The van der Waals surface area contributed by atoms with Crippen LogP contribution in [0.4, 0.5) is 5.69 Å². The second-order valence-electron chi connectivity index (χ2n) is 5.10. The van der Waals surface area contributed by atoms with E-state index in [-0.39, 0.29) is 0 Å². The first-order valence-electron chi connectivity index (χ1n) is 7.39. The topological polar surface area (TPSA) is 52.6 Å². The Morgan fingerprint density at radius 3 is 2.65 bits per heavy atom. The summed E-state index contributed by atoms with van der Waals surface area (Å²) in [6.45, 7) is 9.81. The van der Waals surface area contributed by atoms with Crippen LogP contribution in [0.25, 0.3) is 0 Å².